The molecule has 2 aromatic heterocycles. The summed E-state index contributed by atoms with van der Waals surface area (Å²) in [7, 11) is 0. The van der Waals surface area contributed by atoms with E-state index in [1.807, 2.05) is 0 Å². The van der Waals surface area contributed by atoms with Crippen LogP contribution < -0.4 is 4.90 Å². The minimum absolute atomic E-state index is 0.277. The van der Waals surface area contributed by atoms with E-state index in [2.05, 4.69) is 0 Å². The molecule has 0 atom stereocenters. The van der Waals surface area contributed by atoms with E-state index in [1.54, 1.807) is 0 Å². The maximum atomic E-state index is 9.97. The van der Waals surface area contributed by atoms with Gasteiger partial charge in [-0.05, 0) is 90.5 Å². The first-order valence-corrected chi connectivity index (χ1v) is 15.2. The SMILES string of the molecule is [2H]c1c([2H])c([2H])c(-c2c([2H])c([2H])c(N(c3c([2H])c([2H])c4c5c([2H])c([2H])c([2H])c([2H])c5c5c([2H])c([2H])c([2H])c6oc3c4c65)c3c([2H])c([2H])c4c5c([2H])c([2H])c([2H])c([2H])c5c5c([2H])c([2H])c([2H])c6oc3c4c65)c([2H])c2[2H])c([2H])c1[2H]. The van der Waals surface area contributed by atoms with Gasteiger partial charge in [-0.1, -0.05) is 127 Å². The van der Waals surface area contributed by atoms with E-state index in [4.69, 9.17) is 34.9 Å². The molecule has 0 aliphatic rings. The molecule has 0 bridgehead atoms. The number of furan rings is 2. The summed E-state index contributed by atoms with van der Waals surface area (Å²) in [6.07, 6.45) is 0. The molecule has 0 spiro atoms. The molecule has 3 heteroatoms. The summed E-state index contributed by atoms with van der Waals surface area (Å²) in [6, 6.07) is -23.7. The average Bonchev–Trinajstić information content (AvgIpc) is 4.16. The van der Waals surface area contributed by atoms with Crippen LogP contribution in [-0.2, 0) is 0 Å². The van der Waals surface area contributed by atoms with E-state index in [-0.39, 0.29) is 43.1 Å². The van der Waals surface area contributed by atoms with Crippen LogP contribution in [0.3, 0.4) is 0 Å². The number of rotatable bonds is 4. The van der Waals surface area contributed by atoms with Gasteiger partial charge in [0.2, 0.25) is 0 Å². The van der Waals surface area contributed by atoms with Gasteiger partial charge in [0, 0.05) is 27.2 Å². The Balaban J connectivity index is 1.38. The Bertz CT molecular complexity index is 4590. The van der Waals surface area contributed by atoms with Crippen LogP contribution in [0.25, 0.3) is 98.1 Å². The highest BCUT2D eigenvalue weighted by atomic mass is 16.3. The Kier molecular flexibility index (Phi) is 2.36. The predicted octanol–water partition coefficient (Wildman–Crippen LogP) is 14.1. The van der Waals surface area contributed by atoms with Crippen LogP contribution in [0.4, 0.5) is 17.1 Å². The number of fused-ring (bicyclic) bond motifs is 6. The standard InChI is InChI=1S/C48H27NO2/c1-2-10-28(11-3-1)29-20-22-30(23-21-29)49(39-26-24-37-33-14-6-4-12-31(33)35-16-8-18-41-43(35)45(37)47(39)50-41)40-27-25-38-34-15-7-5-13-32(34)36-17-9-19-42-44(36)46(38)48(40)51-42/h1-27H/i1D,2D,3D,4D,5D,6D,7D,8D,9D,10D,11D,12D,13D,14D,15D,16D,17D,18D,19D,20D,21D,22D,23D,24D,25D,26D,27D. The largest absolute Gasteiger partial charge is 0.454 e. The van der Waals surface area contributed by atoms with Gasteiger partial charge in [0.05, 0.1) is 48.4 Å². The highest BCUT2D eigenvalue weighted by Crippen LogP contribution is 2.52. The van der Waals surface area contributed by atoms with Crippen molar-refractivity contribution >= 4 is 104 Å². The zero-order valence-corrected chi connectivity index (χ0v) is 25.3. The van der Waals surface area contributed by atoms with Crippen molar-refractivity contribution in [3.05, 3.63) is 163 Å². The summed E-state index contributed by atoms with van der Waals surface area (Å²) < 4.78 is 258. The molecule has 0 amide bonds. The molecule has 3 nitrogen and oxygen atoms in total. The Morgan fingerprint density at radius 1 is 0.333 bits per heavy atom. The fourth-order valence-corrected chi connectivity index (χ4v) is 6.93. The Labute approximate surface area is 329 Å². The second-order valence-electron chi connectivity index (χ2n) is 11.5. The van der Waals surface area contributed by atoms with Crippen LogP contribution in [0, 0.1) is 0 Å². The third kappa shape index (κ3) is 3.57. The first kappa shape index (κ1) is 12.2. The van der Waals surface area contributed by atoms with Crippen LogP contribution in [0.2, 0.25) is 0 Å². The van der Waals surface area contributed by atoms with Gasteiger partial charge < -0.3 is 13.7 Å². The van der Waals surface area contributed by atoms with Gasteiger partial charge in [0.15, 0.2) is 11.2 Å². The zero-order valence-electron chi connectivity index (χ0n) is 52.3. The van der Waals surface area contributed by atoms with Gasteiger partial charge in [-0.2, -0.15) is 0 Å². The Hall–Kier alpha value is -6.84. The Morgan fingerprint density at radius 3 is 1.24 bits per heavy atom. The molecule has 0 unspecified atom stereocenters. The summed E-state index contributed by atoms with van der Waals surface area (Å²) in [6.45, 7) is 0. The zero-order chi connectivity index (χ0) is 56.7. The number of hydrogen-bond acceptors (Lipinski definition) is 3. The molecule has 12 rings (SSSR count). The van der Waals surface area contributed by atoms with E-state index in [1.165, 1.54) is 0 Å². The summed E-state index contributed by atoms with van der Waals surface area (Å²) in [4.78, 5) is 0.640. The van der Waals surface area contributed by atoms with Crippen molar-refractivity contribution in [3.63, 3.8) is 0 Å². The highest BCUT2D eigenvalue weighted by molar-refractivity contribution is 6.36. The van der Waals surface area contributed by atoms with E-state index in [0.717, 1.165) is 0 Å². The molecule has 0 saturated heterocycles. The minimum atomic E-state index is -1.15. The quantitative estimate of drug-likeness (QED) is 0.174. The van der Waals surface area contributed by atoms with E-state index >= 15 is 0 Å². The third-order valence-corrected chi connectivity index (χ3v) is 8.99. The van der Waals surface area contributed by atoms with E-state index < -0.39 is 235 Å². The lowest BCUT2D eigenvalue weighted by Crippen LogP contribution is -2.10. The van der Waals surface area contributed by atoms with Gasteiger partial charge >= 0.3 is 0 Å². The van der Waals surface area contributed by atoms with E-state index in [0.29, 0.717) is 4.90 Å². The molecule has 51 heavy (non-hydrogen) atoms. The number of benzene rings is 10. The number of nitrogens with zero attached hydrogens (tertiary/aromatic N) is 1. The summed E-state index contributed by atoms with van der Waals surface area (Å²) in [5.74, 6) is 0. The van der Waals surface area contributed by atoms with Crippen LogP contribution in [0.1, 0.15) is 37.0 Å². The molecule has 0 aliphatic heterocycles. The van der Waals surface area contributed by atoms with E-state index in [9.17, 15) is 11.0 Å². The van der Waals surface area contributed by atoms with Crippen molar-refractivity contribution < 1.29 is 45.8 Å². The lowest BCUT2D eigenvalue weighted by molar-refractivity contribution is 0.666. The molecular formula is C48H27NO2. The lowest BCUT2D eigenvalue weighted by Gasteiger charge is -2.26. The monoisotopic (exact) mass is 676 g/mol. The first-order chi connectivity index (χ1) is 36.6. The van der Waals surface area contributed by atoms with Gasteiger partial charge in [-0.3, -0.25) is 0 Å². The maximum Gasteiger partial charge on any atom is 0.160 e. The summed E-state index contributed by atoms with van der Waals surface area (Å²) in [5, 5.41) is -4.47. The van der Waals surface area contributed by atoms with Crippen LogP contribution in [0.15, 0.2) is 172 Å². The third-order valence-electron chi connectivity index (χ3n) is 8.99. The molecular weight excluding hydrogens is 623 g/mol. The van der Waals surface area contributed by atoms with Crippen molar-refractivity contribution in [1.29, 1.82) is 0 Å². The highest BCUT2D eigenvalue weighted by Gasteiger charge is 2.27. The number of anilines is 3. The topological polar surface area (TPSA) is 29.5 Å². The smallest absolute Gasteiger partial charge is 0.160 e. The van der Waals surface area contributed by atoms with Crippen LogP contribution >= 0.6 is 0 Å². The van der Waals surface area contributed by atoms with Crippen molar-refractivity contribution in [2.24, 2.45) is 0 Å². The van der Waals surface area contributed by atoms with Gasteiger partial charge in [0.25, 0.3) is 0 Å². The molecule has 12 aromatic rings. The van der Waals surface area contributed by atoms with Gasteiger partial charge in [-0.25, -0.2) is 0 Å². The van der Waals surface area contributed by atoms with Crippen molar-refractivity contribution in [3.8, 4) is 11.1 Å². The normalized spacial score (nSPS) is 19.7. The lowest BCUT2D eigenvalue weighted by atomic mass is 9.93. The summed E-state index contributed by atoms with van der Waals surface area (Å²) >= 11 is 0. The molecule has 10 aromatic carbocycles. The van der Waals surface area contributed by atoms with Crippen molar-refractivity contribution in [2.75, 3.05) is 4.90 Å². The average molecular weight is 677 g/mol. The molecule has 2 heterocycles. The molecule has 0 aliphatic carbocycles. The minimum Gasteiger partial charge on any atom is -0.454 e. The molecule has 0 radical (unpaired) electrons. The summed E-state index contributed by atoms with van der Waals surface area (Å²) in [5.41, 5.74) is -6.70. The van der Waals surface area contributed by atoms with Crippen molar-refractivity contribution in [2.45, 2.75) is 0 Å². The van der Waals surface area contributed by atoms with Crippen LogP contribution in [0.5, 0.6) is 0 Å². The second kappa shape index (κ2) is 9.87. The van der Waals surface area contributed by atoms with Gasteiger partial charge in [-0.15, -0.1) is 0 Å². The second-order valence-corrected chi connectivity index (χ2v) is 11.5. The molecule has 0 N–H and O–H groups in total. The molecule has 0 fully saturated rings. The van der Waals surface area contributed by atoms with Gasteiger partial charge in [0.1, 0.15) is 11.2 Å². The first-order valence-electron chi connectivity index (χ1n) is 28.7. The molecule has 236 valence electrons. The van der Waals surface area contributed by atoms with Crippen molar-refractivity contribution in [1.82, 2.24) is 0 Å². The predicted molar refractivity (Wildman–Crippen MR) is 214 cm³/mol. The van der Waals surface area contributed by atoms with Crippen LogP contribution in [-0.4, -0.2) is 0 Å². The number of hydrogen-bond donors (Lipinski definition) is 0. The Morgan fingerprint density at radius 2 is 0.745 bits per heavy atom. The molecule has 0 saturated carbocycles. The maximum absolute atomic E-state index is 9.97. The fourth-order valence-electron chi connectivity index (χ4n) is 6.93. The fraction of sp³-hybridized carbons (Fsp3) is 0.